The van der Waals surface area contributed by atoms with Gasteiger partial charge in [-0.25, -0.2) is 4.79 Å². The second-order valence-electron chi connectivity index (χ2n) is 5.67. The van der Waals surface area contributed by atoms with Gasteiger partial charge in [0.2, 0.25) is 0 Å². The topological polar surface area (TPSA) is 55.8 Å². The lowest BCUT2D eigenvalue weighted by Gasteiger charge is -2.16. The van der Waals surface area contributed by atoms with Crippen LogP contribution in [0, 0.1) is 0 Å². The molecule has 0 aliphatic carbocycles. The van der Waals surface area contributed by atoms with Crippen LogP contribution in [0.1, 0.15) is 39.7 Å². The molecule has 1 heterocycles. The van der Waals surface area contributed by atoms with Crippen LogP contribution in [0.5, 0.6) is 11.5 Å². The maximum absolute atomic E-state index is 12.2. The second kappa shape index (κ2) is 8.53. The van der Waals surface area contributed by atoms with Crippen molar-refractivity contribution in [2.45, 2.75) is 19.8 Å². The van der Waals surface area contributed by atoms with E-state index >= 15 is 0 Å². The van der Waals surface area contributed by atoms with Gasteiger partial charge in [-0.05, 0) is 48.9 Å². The van der Waals surface area contributed by atoms with Crippen LogP contribution < -0.4 is 4.74 Å². The standard InChI is InChI=1S/C20H22O4S/c1-13(2)7-10-16-17(23-3)12-14(8-9-15-6-5-11-25-15)18(19(16)21)20(22)24-4/h5-6,8-9,11-12,21H,1,7,10H2,2-4H3/b9-8+. The summed E-state index contributed by atoms with van der Waals surface area (Å²) in [5, 5.41) is 12.7. The van der Waals surface area contributed by atoms with Crippen molar-refractivity contribution in [3.63, 3.8) is 0 Å². The molecule has 0 aliphatic rings. The van der Waals surface area contributed by atoms with Crippen molar-refractivity contribution < 1.29 is 19.4 Å². The molecule has 25 heavy (non-hydrogen) atoms. The Bertz CT molecular complexity index is 789. The fourth-order valence-corrected chi connectivity index (χ4v) is 3.09. The molecule has 0 amide bonds. The van der Waals surface area contributed by atoms with Crippen molar-refractivity contribution >= 4 is 29.5 Å². The van der Waals surface area contributed by atoms with Crippen LogP contribution in [0.25, 0.3) is 12.2 Å². The lowest BCUT2D eigenvalue weighted by Crippen LogP contribution is -2.07. The minimum absolute atomic E-state index is 0.0988. The monoisotopic (exact) mass is 358 g/mol. The van der Waals surface area contributed by atoms with Gasteiger partial charge in [0, 0.05) is 10.4 Å². The molecule has 0 fully saturated rings. The first-order valence-corrected chi connectivity index (χ1v) is 8.73. The third-order valence-corrected chi connectivity index (χ3v) is 4.61. The second-order valence-corrected chi connectivity index (χ2v) is 6.65. The Labute approximate surface area is 152 Å². The molecule has 0 saturated carbocycles. The molecule has 0 saturated heterocycles. The zero-order chi connectivity index (χ0) is 18.4. The number of rotatable bonds is 7. The van der Waals surface area contributed by atoms with Crippen molar-refractivity contribution in [2.75, 3.05) is 14.2 Å². The average Bonchev–Trinajstić information content (AvgIpc) is 3.11. The highest BCUT2D eigenvalue weighted by molar-refractivity contribution is 7.10. The highest BCUT2D eigenvalue weighted by Crippen LogP contribution is 2.37. The van der Waals surface area contributed by atoms with Gasteiger partial charge in [-0.2, -0.15) is 0 Å². The van der Waals surface area contributed by atoms with E-state index in [1.165, 1.54) is 7.11 Å². The van der Waals surface area contributed by atoms with Gasteiger partial charge in [0.1, 0.15) is 17.1 Å². The van der Waals surface area contributed by atoms with Crippen LogP contribution in [0.2, 0.25) is 0 Å². The third kappa shape index (κ3) is 4.51. The Morgan fingerprint density at radius 3 is 2.68 bits per heavy atom. The molecule has 0 spiro atoms. The van der Waals surface area contributed by atoms with Gasteiger partial charge in [0.05, 0.1) is 14.2 Å². The third-order valence-electron chi connectivity index (χ3n) is 3.78. The summed E-state index contributed by atoms with van der Waals surface area (Å²) in [7, 11) is 2.84. The Kier molecular flexibility index (Phi) is 6.42. The minimum Gasteiger partial charge on any atom is -0.507 e. The fraction of sp³-hybridized carbons (Fsp3) is 0.250. The fourth-order valence-electron chi connectivity index (χ4n) is 2.47. The molecule has 0 bridgehead atoms. The number of benzene rings is 1. The van der Waals surface area contributed by atoms with E-state index in [0.717, 1.165) is 10.5 Å². The summed E-state index contributed by atoms with van der Waals surface area (Å²) in [5.41, 5.74) is 2.27. The van der Waals surface area contributed by atoms with Gasteiger partial charge in [-0.1, -0.05) is 17.7 Å². The van der Waals surface area contributed by atoms with Crippen molar-refractivity contribution in [1.29, 1.82) is 0 Å². The Hall–Kier alpha value is -2.53. The number of methoxy groups -OCH3 is 2. The predicted octanol–water partition coefficient (Wildman–Crippen LogP) is 4.93. The summed E-state index contributed by atoms with van der Waals surface area (Å²) in [4.78, 5) is 13.3. The molecule has 0 atom stereocenters. The first-order chi connectivity index (χ1) is 12.0. The first kappa shape index (κ1) is 18.8. The highest BCUT2D eigenvalue weighted by atomic mass is 32.1. The molecule has 1 aromatic heterocycles. The number of aromatic hydroxyl groups is 1. The first-order valence-electron chi connectivity index (χ1n) is 7.85. The zero-order valence-electron chi connectivity index (χ0n) is 14.7. The lowest BCUT2D eigenvalue weighted by atomic mass is 9.96. The van der Waals surface area contributed by atoms with E-state index in [4.69, 9.17) is 9.47 Å². The van der Waals surface area contributed by atoms with E-state index in [9.17, 15) is 9.90 Å². The minimum atomic E-state index is -0.581. The summed E-state index contributed by atoms with van der Waals surface area (Å²) in [6.45, 7) is 5.80. The van der Waals surface area contributed by atoms with Crippen LogP contribution in [0.15, 0.2) is 35.7 Å². The quantitative estimate of drug-likeness (QED) is 0.563. The number of phenols is 1. The smallest absolute Gasteiger partial charge is 0.342 e. The number of thiophene rings is 1. The number of esters is 1. The van der Waals surface area contributed by atoms with Crippen molar-refractivity contribution in [3.8, 4) is 11.5 Å². The largest absolute Gasteiger partial charge is 0.507 e. The van der Waals surface area contributed by atoms with Crippen LogP contribution in [-0.2, 0) is 11.2 Å². The van der Waals surface area contributed by atoms with Gasteiger partial charge in [0.25, 0.3) is 0 Å². The van der Waals surface area contributed by atoms with Gasteiger partial charge in [-0.3, -0.25) is 0 Å². The van der Waals surface area contributed by atoms with Crippen LogP contribution >= 0.6 is 11.3 Å². The van der Waals surface area contributed by atoms with Gasteiger partial charge >= 0.3 is 5.97 Å². The van der Waals surface area contributed by atoms with Crippen LogP contribution in [0.4, 0.5) is 0 Å². The molecule has 2 rings (SSSR count). The van der Waals surface area contributed by atoms with E-state index in [0.29, 0.717) is 29.7 Å². The molecular formula is C20H22O4S. The molecule has 2 aromatic rings. The Morgan fingerprint density at radius 1 is 1.36 bits per heavy atom. The maximum atomic E-state index is 12.2. The van der Waals surface area contributed by atoms with Gasteiger partial charge in [-0.15, -0.1) is 17.9 Å². The summed E-state index contributed by atoms with van der Waals surface area (Å²) in [6.07, 6.45) is 4.89. The predicted molar refractivity (Wildman–Crippen MR) is 102 cm³/mol. The lowest BCUT2D eigenvalue weighted by molar-refractivity contribution is 0.0597. The summed E-state index contributed by atoms with van der Waals surface area (Å²) in [5.74, 6) is -0.141. The van der Waals surface area contributed by atoms with E-state index in [1.54, 1.807) is 30.6 Å². The molecule has 0 unspecified atom stereocenters. The maximum Gasteiger partial charge on any atom is 0.342 e. The van der Waals surface area contributed by atoms with E-state index in [1.807, 2.05) is 30.5 Å². The molecule has 5 heteroatoms. The van der Waals surface area contributed by atoms with Crippen LogP contribution in [0.3, 0.4) is 0 Å². The number of ether oxygens (including phenoxy) is 2. The highest BCUT2D eigenvalue weighted by Gasteiger charge is 2.22. The molecule has 0 aliphatic heterocycles. The van der Waals surface area contributed by atoms with Crippen molar-refractivity contribution in [2.24, 2.45) is 0 Å². The number of carbonyl (C=O) groups excluding carboxylic acids is 1. The Morgan fingerprint density at radius 2 is 2.12 bits per heavy atom. The number of hydrogen-bond donors (Lipinski definition) is 1. The molecular weight excluding hydrogens is 336 g/mol. The average molecular weight is 358 g/mol. The van der Waals surface area contributed by atoms with Crippen molar-refractivity contribution in [1.82, 2.24) is 0 Å². The number of carbonyl (C=O) groups is 1. The molecule has 1 N–H and O–H groups in total. The molecule has 0 radical (unpaired) electrons. The summed E-state index contributed by atoms with van der Waals surface area (Å²) >= 11 is 1.58. The summed E-state index contributed by atoms with van der Waals surface area (Å²) in [6, 6.07) is 5.67. The van der Waals surface area contributed by atoms with E-state index in [-0.39, 0.29) is 11.3 Å². The van der Waals surface area contributed by atoms with Crippen molar-refractivity contribution in [3.05, 3.63) is 57.3 Å². The molecule has 4 nitrogen and oxygen atoms in total. The van der Waals surface area contributed by atoms with Gasteiger partial charge in [0.15, 0.2) is 0 Å². The van der Waals surface area contributed by atoms with Gasteiger partial charge < -0.3 is 14.6 Å². The number of allylic oxidation sites excluding steroid dienone is 1. The van der Waals surface area contributed by atoms with E-state index in [2.05, 4.69) is 6.58 Å². The zero-order valence-corrected chi connectivity index (χ0v) is 15.5. The van der Waals surface area contributed by atoms with E-state index < -0.39 is 5.97 Å². The molecule has 132 valence electrons. The number of hydrogen-bond acceptors (Lipinski definition) is 5. The number of phenolic OH excluding ortho intramolecular Hbond substituents is 1. The van der Waals surface area contributed by atoms with Crippen LogP contribution in [-0.4, -0.2) is 25.3 Å². The SMILES string of the molecule is C=C(C)CCc1c(OC)cc(/C=C/c2cccs2)c(C(=O)OC)c1O. The normalized spacial score (nSPS) is 10.8. The molecule has 1 aromatic carbocycles. The Balaban J connectivity index is 2.55. The summed E-state index contributed by atoms with van der Waals surface area (Å²) < 4.78 is 10.3.